The zero-order chi connectivity index (χ0) is 12.6. The molecule has 96 valence electrons. The molecule has 1 aromatic rings. The molecule has 0 aromatic carbocycles. The number of hydrogen-bond acceptors (Lipinski definition) is 3. The Balaban J connectivity index is 1.67. The molecule has 0 bridgehead atoms. The highest BCUT2D eigenvalue weighted by Crippen LogP contribution is 2.38. The van der Waals surface area contributed by atoms with E-state index in [4.69, 9.17) is 4.74 Å². The van der Waals surface area contributed by atoms with Crippen LogP contribution in [-0.2, 0) is 4.74 Å². The summed E-state index contributed by atoms with van der Waals surface area (Å²) in [6.07, 6.45) is 2.12. The van der Waals surface area contributed by atoms with Crippen LogP contribution < -0.4 is 0 Å². The van der Waals surface area contributed by atoms with Crippen molar-refractivity contribution >= 4 is 5.91 Å². The predicted molar refractivity (Wildman–Crippen MR) is 67.4 cm³/mol. The summed E-state index contributed by atoms with van der Waals surface area (Å²) in [7, 11) is 0. The highest BCUT2D eigenvalue weighted by molar-refractivity contribution is 5.92. The van der Waals surface area contributed by atoms with E-state index in [1.54, 1.807) is 6.07 Å². The fourth-order valence-electron chi connectivity index (χ4n) is 2.69. The largest absolute Gasteiger partial charge is 0.380 e. The van der Waals surface area contributed by atoms with E-state index >= 15 is 0 Å². The van der Waals surface area contributed by atoms with Gasteiger partial charge in [0.05, 0.1) is 13.2 Å². The Labute approximate surface area is 107 Å². The minimum Gasteiger partial charge on any atom is -0.380 e. The fourth-order valence-corrected chi connectivity index (χ4v) is 2.69. The molecule has 1 spiro atoms. The third-order valence-electron chi connectivity index (χ3n) is 4.04. The Morgan fingerprint density at radius 1 is 1.33 bits per heavy atom. The van der Waals surface area contributed by atoms with Crippen LogP contribution in [0, 0.1) is 12.3 Å². The van der Waals surface area contributed by atoms with Gasteiger partial charge >= 0.3 is 0 Å². The van der Waals surface area contributed by atoms with Crippen molar-refractivity contribution in [3.05, 3.63) is 29.6 Å². The molecule has 3 rings (SSSR count). The van der Waals surface area contributed by atoms with Gasteiger partial charge in [-0.1, -0.05) is 6.07 Å². The van der Waals surface area contributed by atoms with Crippen LogP contribution >= 0.6 is 0 Å². The monoisotopic (exact) mass is 246 g/mol. The summed E-state index contributed by atoms with van der Waals surface area (Å²) < 4.78 is 5.30. The van der Waals surface area contributed by atoms with Crippen LogP contribution in [0.3, 0.4) is 0 Å². The van der Waals surface area contributed by atoms with Gasteiger partial charge in [0.15, 0.2) is 0 Å². The second-order valence-corrected chi connectivity index (χ2v) is 5.45. The van der Waals surface area contributed by atoms with Crippen LogP contribution in [-0.4, -0.2) is 42.1 Å². The van der Waals surface area contributed by atoms with Gasteiger partial charge in [0, 0.05) is 24.2 Å². The quantitative estimate of drug-likeness (QED) is 0.756. The van der Waals surface area contributed by atoms with Gasteiger partial charge in [0.25, 0.3) is 5.91 Å². The molecule has 1 amide bonds. The molecule has 3 heterocycles. The van der Waals surface area contributed by atoms with Crippen LogP contribution in [0.25, 0.3) is 0 Å². The summed E-state index contributed by atoms with van der Waals surface area (Å²) in [5.74, 6) is 0.0637. The summed E-state index contributed by atoms with van der Waals surface area (Å²) in [6, 6.07) is 5.60. The Bertz CT molecular complexity index is 459. The van der Waals surface area contributed by atoms with Crippen molar-refractivity contribution in [1.82, 2.24) is 9.88 Å². The number of amides is 1. The number of piperidine rings is 1. The second kappa shape index (κ2) is 4.35. The van der Waals surface area contributed by atoms with E-state index in [2.05, 4.69) is 4.98 Å². The lowest BCUT2D eigenvalue weighted by Crippen LogP contribution is -2.52. The number of carbonyl (C=O) groups is 1. The van der Waals surface area contributed by atoms with Gasteiger partial charge in [0.2, 0.25) is 0 Å². The van der Waals surface area contributed by atoms with Gasteiger partial charge < -0.3 is 9.64 Å². The van der Waals surface area contributed by atoms with Gasteiger partial charge in [-0.3, -0.25) is 4.79 Å². The van der Waals surface area contributed by atoms with Gasteiger partial charge in [-0.05, 0) is 31.9 Å². The summed E-state index contributed by atoms with van der Waals surface area (Å²) in [5, 5.41) is 0. The molecule has 2 saturated heterocycles. The smallest absolute Gasteiger partial charge is 0.272 e. The highest BCUT2D eigenvalue weighted by atomic mass is 16.5. The standard InChI is InChI=1S/C14H18N2O2/c1-11-3-2-4-12(15-11)13(17)16-7-5-14(6-8-16)9-18-10-14/h2-4H,5-10H2,1H3. The molecule has 4 heteroatoms. The number of pyridine rings is 1. The van der Waals surface area contributed by atoms with E-state index in [-0.39, 0.29) is 5.91 Å². The number of rotatable bonds is 1. The lowest BCUT2D eigenvalue weighted by atomic mass is 9.77. The van der Waals surface area contributed by atoms with Gasteiger partial charge in [0.1, 0.15) is 5.69 Å². The van der Waals surface area contributed by atoms with E-state index < -0.39 is 0 Å². The van der Waals surface area contributed by atoms with Crippen LogP contribution in [0.5, 0.6) is 0 Å². The number of ether oxygens (including phenoxy) is 1. The molecule has 0 saturated carbocycles. The van der Waals surface area contributed by atoms with Crippen molar-refractivity contribution in [3.8, 4) is 0 Å². The third-order valence-corrected chi connectivity index (χ3v) is 4.04. The Morgan fingerprint density at radius 3 is 2.61 bits per heavy atom. The number of hydrogen-bond donors (Lipinski definition) is 0. The molecular formula is C14H18N2O2. The first-order valence-corrected chi connectivity index (χ1v) is 6.49. The Kier molecular flexibility index (Phi) is 2.82. The van der Waals surface area contributed by atoms with Crippen molar-refractivity contribution in [2.24, 2.45) is 5.41 Å². The first-order valence-electron chi connectivity index (χ1n) is 6.49. The molecule has 1 aromatic heterocycles. The van der Waals surface area contributed by atoms with Crippen molar-refractivity contribution < 1.29 is 9.53 Å². The molecule has 0 N–H and O–H groups in total. The van der Waals surface area contributed by atoms with Crippen molar-refractivity contribution in [2.75, 3.05) is 26.3 Å². The first kappa shape index (κ1) is 11.7. The molecule has 4 nitrogen and oxygen atoms in total. The zero-order valence-electron chi connectivity index (χ0n) is 10.7. The normalized spacial score (nSPS) is 21.7. The third kappa shape index (κ3) is 2.01. The molecule has 18 heavy (non-hydrogen) atoms. The van der Waals surface area contributed by atoms with E-state index in [1.165, 1.54) is 0 Å². The summed E-state index contributed by atoms with van der Waals surface area (Å²) >= 11 is 0. The highest BCUT2D eigenvalue weighted by Gasteiger charge is 2.42. The van der Waals surface area contributed by atoms with E-state index in [1.807, 2.05) is 24.0 Å². The lowest BCUT2D eigenvalue weighted by molar-refractivity contribution is -0.136. The summed E-state index contributed by atoms with van der Waals surface area (Å²) in [4.78, 5) is 18.5. The number of aryl methyl sites for hydroxylation is 1. The van der Waals surface area contributed by atoms with Gasteiger partial charge in [-0.2, -0.15) is 0 Å². The molecule has 0 aliphatic carbocycles. The number of likely N-dealkylation sites (tertiary alicyclic amines) is 1. The number of carbonyl (C=O) groups excluding carboxylic acids is 1. The maximum atomic E-state index is 12.3. The van der Waals surface area contributed by atoms with Crippen LogP contribution in [0.2, 0.25) is 0 Å². The Hall–Kier alpha value is -1.42. The molecule has 2 fully saturated rings. The predicted octanol–water partition coefficient (Wildman–Crippen LogP) is 1.64. The number of aromatic nitrogens is 1. The number of nitrogens with zero attached hydrogens (tertiary/aromatic N) is 2. The molecule has 2 aliphatic heterocycles. The maximum absolute atomic E-state index is 12.3. The van der Waals surface area contributed by atoms with E-state index in [9.17, 15) is 4.79 Å². The van der Waals surface area contributed by atoms with Crippen LogP contribution in [0.15, 0.2) is 18.2 Å². The lowest BCUT2D eigenvalue weighted by Gasteiger charge is -2.47. The van der Waals surface area contributed by atoms with Crippen molar-refractivity contribution in [3.63, 3.8) is 0 Å². The maximum Gasteiger partial charge on any atom is 0.272 e. The van der Waals surface area contributed by atoms with Gasteiger partial charge in [-0.25, -0.2) is 4.98 Å². The fraction of sp³-hybridized carbons (Fsp3) is 0.571. The van der Waals surface area contributed by atoms with Crippen molar-refractivity contribution in [2.45, 2.75) is 19.8 Å². The van der Waals surface area contributed by atoms with Crippen molar-refractivity contribution in [1.29, 1.82) is 0 Å². The summed E-state index contributed by atoms with van der Waals surface area (Å²) in [6.45, 7) is 5.32. The first-order chi connectivity index (χ1) is 8.69. The van der Waals surface area contributed by atoms with Crippen LogP contribution in [0.4, 0.5) is 0 Å². The molecule has 0 atom stereocenters. The van der Waals surface area contributed by atoms with Crippen LogP contribution in [0.1, 0.15) is 29.0 Å². The topological polar surface area (TPSA) is 42.4 Å². The van der Waals surface area contributed by atoms with Gasteiger partial charge in [-0.15, -0.1) is 0 Å². The average Bonchev–Trinajstić information content (AvgIpc) is 2.36. The molecule has 0 radical (unpaired) electrons. The molecule has 0 unspecified atom stereocenters. The molecular weight excluding hydrogens is 228 g/mol. The second-order valence-electron chi connectivity index (χ2n) is 5.45. The average molecular weight is 246 g/mol. The Morgan fingerprint density at radius 2 is 2.06 bits per heavy atom. The molecule has 2 aliphatic rings. The minimum atomic E-state index is 0.0637. The SMILES string of the molecule is Cc1cccc(C(=O)N2CCC3(CC2)COC3)n1. The minimum absolute atomic E-state index is 0.0637. The van der Waals surface area contributed by atoms with E-state index in [0.717, 1.165) is 44.8 Å². The van der Waals surface area contributed by atoms with E-state index in [0.29, 0.717) is 11.1 Å². The summed E-state index contributed by atoms with van der Waals surface area (Å²) in [5.41, 5.74) is 1.83. The zero-order valence-corrected chi connectivity index (χ0v) is 10.7.